The zero-order chi connectivity index (χ0) is 14.9. The summed E-state index contributed by atoms with van der Waals surface area (Å²) in [6.45, 7) is 3.49. The lowest BCUT2D eigenvalue weighted by atomic mass is 10.2. The van der Waals surface area contributed by atoms with Gasteiger partial charge in [-0.1, -0.05) is 40.9 Å². The number of benzene rings is 1. The largest absolute Gasteiger partial charge is 0.271 e. The number of allylic oxidation sites excluding steroid dienone is 1. The van der Waals surface area contributed by atoms with Crippen LogP contribution < -0.4 is 0 Å². The number of carbonyl (C=O) groups is 1. The van der Waals surface area contributed by atoms with Crippen LogP contribution in [0.25, 0.3) is 6.08 Å². The monoisotopic (exact) mass is 328 g/mol. The molecule has 20 heavy (non-hydrogen) atoms. The molecule has 104 valence electrons. The fourth-order valence-electron chi connectivity index (χ4n) is 1.71. The Morgan fingerprint density at radius 2 is 1.95 bits per heavy atom. The van der Waals surface area contributed by atoms with Crippen molar-refractivity contribution in [3.8, 4) is 0 Å². The third-order valence-corrected chi connectivity index (χ3v) is 3.89. The van der Waals surface area contributed by atoms with Gasteiger partial charge in [0.05, 0.1) is 16.4 Å². The van der Waals surface area contributed by atoms with Gasteiger partial charge in [0.15, 0.2) is 0 Å². The van der Waals surface area contributed by atoms with Crippen molar-refractivity contribution in [2.45, 2.75) is 13.8 Å². The molecular weight excluding hydrogens is 319 g/mol. The lowest BCUT2D eigenvalue weighted by Crippen LogP contribution is -2.11. The smallest absolute Gasteiger partial charge is 0.267 e. The number of aromatic nitrogens is 2. The first-order valence-electron chi connectivity index (χ1n) is 5.79. The molecule has 2 aromatic rings. The van der Waals surface area contributed by atoms with Gasteiger partial charge >= 0.3 is 0 Å². The summed E-state index contributed by atoms with van der Waals surface area (Å²) in [5.74, 6) is -0.288. The minimum Gasteiger partial charge on any atom is -0.267 e. The highest BCUT2D eigenvalue weighted by Crippen LogP contribution is 2.22. The van der Waals surface area contributed by atoms with Crippen molar-refractivity contribution in [2.24, 2.45) is 0 Å². The Morgan fingerprint density at radius 1 is 1.25 bits per heavy atom. The number of carbonyl (C=O) groups excluding carboxylic acids is 1. The second-order valence-electron chi connectivity index (χ2n) is 4.23. The van der Waals surface area contributed by atoms with E-state index in [0.29, 0.717) is 32.0 Å². The van der Waals surface area contributed by atoms with Crippen LogP contribution in [0, 0.1) is 13.8 Å². The average molecular weight is 330 g/mol. The SMILES string of the molecule is Cc1nn(C(=O)/C=C\c2ccc(Cl)cc2Cl)c(C)c1Cl. The third-order valence-electron chi connectivity index (χ3n) is 2.78. The van der Waals surface area contributed by atoms with Crippen molar-refractivity contribution in [1.82, 2.24) is 9.78 Å². The first-order chi connectivity index (χ1) is 9.40. The van der Waals surface area contributed by atoms with E-state index >= 15 is 0 Å². The van der Waals surface area contributed by atoms with Crippen molar-refractivity contribution < 1.29 is 4.79 Å². The summed E-state index contributed by atoms with van der Waals surface area (Å²) in [6.07, 6.45) is 3.01. The standard InChI is InChI=1S/C14H11Cl3N2O/c1-8-14(17)9(2)19(18-8)13(20)6-4-10-3-5-11(15)7-12(10)16/h3-7H,1-2H3/b6-4-. The molecule has 1 heterocycles. The fraction of sp³-hybridized carbons (Fsp3) is 0.143. The predicted octanol–water partition coefficient (Wildman–Crippen LogP) is 4.81. The van der Waals surface area contributed by atoms with Crippen molar-refractivity contribution >= 4 is 46.8 Å². The van der Waals surface area contributed by atoms with Crippen LogP contribution in [-0.4, -0.2) is 15.7 Å². The van der Waals surface area contributed by atoms with Gasteiger partial charge in [-0.15, -0.1) is 0 Å². The van der Waals surface area contributed by atoms with E-state index in [1.54, 1.807) is 38.1 Å². The molecule has 1 aromatic heterocycles. The van der Waals surface area contributed by atoms with E-state index < -0.39 is 0 Å². The van der Waals surface area contributed by atoms with Gasteiger partial charge in [0.1, 0.15) is 0 Å². The Morgan fingerprint density at radius 3 is 2.50 bits per heavy atom. The molecular formula is C14H11Cl3N2O. The molecule has 0 aliphatic heterocycles. The molecule has 0 bridgehead atoms. The predicted molar refractivity (Wildman–Crippen MR) is 82.8 cm³/mol. The highest BCUT2D eigenvalue weighted by molar-refractivity contribution is 6.35. The van der Waals surface area contributed by atoms with E-state index in [0.717, 1.165) is 0 Å². The summed E-state index contributed by atoms with van der Waals surface area (Å²) >= 11 is 17.8. The van der Waals surface area contributed by atoms with Gasteiger partial charge in [-0.3, -0.25) is 4.79 Å². The van der Waals surface area contributed by atoms with Gasteiger partial charge < -0.3 is 0 Å². The van der Waals surface area contributed by atoms with Crippen LogP contribution in [0.1, 0.15) is 21.7 Å². The minimum atomic E-state index is -0.288. The molecule has 2 rings (SSSR count). The summed E-state index contributed by atoms with van der Waals surface area (Å²) in [6, 6.07) is 5.06. The summed E-state index contributed by atoms with van der Waals surface area (Å²) in [4.78, 5) is 12.1. The first-order valence-corrected chi connectivity index (χ1v) is 6.92. The molecule has 3 nitrogen and oxygen atoms in total. The molecule has 0 amide bonds. The normalized spacial score (nSPS) is 11.2. The molecule has 0 radical (unpaired) electrons. The van der Waals surface area contributed by atoms with Crippen molar-refractivity contribution in [2.75, 3.05) is 0 Å². The van der Waals surface area contributed by atoms with E-state index in [1.807, 2.05) is 0 Å². The van der Waals surface area contributed by atoms with Gasteiger partial charge in [-0.05, 0) is 37.6 Å². The van der Waals surface area contributed by atoms with Crippen LogP contribution in [-0.2, 0) is 0 Å². The maximum atomic E-state index is 12.1. The van der Waals surface area contributed by atoms with Gasteiger partial charge in [0.2, 0.25) is 0 Å². The number of aryl methyl sites for hydroxylation is 1. The molecule has 0 fully saturated rings. The van der Waals surface area contributed by atoms with Crippen molar-refractivity contribution in [1.29, 1.82) is 0 Å². The molecule has 1 aromatic carbocycles. The Hall–Kier alpha value is -1.29. The second kappa shape index (κ2) is 6.00. The number of hydrogen-bond acceptors (Lipinski definition) is 2. The molecule has 0 spiro atoms. The highest BCUT2D eigenvalue weighted by Gasteiger charge is 2.13. The number of rotatable bonds is 2. The van der Waals surface area contributed by atoms with Crippen molar-refractivity contribution in [3.05, 3.63) is 56.3 Å². The Labute approximate surface area is 131 Å². The van der Waals surface area contributed by atoms with Crippen LogP contribution >= 0.6 is 34.8 Å². The highest BCUT2D eigenvalue weighted by atomic mass is 35.5. The van der Waals surface area contributed by atoms with Gasteiger partial charge in [-0.25, -0.2) is 0 Å². The maximum absolute atomic E-state index is 12.1. The molecule has 0 saturated heterocycles. The third kappa shape index (κ3) is 3.06. The molecule has 0 aliphatic rings. The van der Waals surface area contributed by atoms with E-state index in [2.05, 4.69) is 5.10 Å². The first kappa shape index (κ1) is 15.1. The van der Waals surface area contributed by atoms with E-state index in [1.165, 1.54) is 10.8 Å². The lowest BCUT2D eigenvalue weighted by molar-refractivity contribution is 0.0952. The molecule has 0 unspecified atom stereocenters. The Balaban J connectivity index is 2.27. The van der Waals surface area contributed by atoms with Crippen LogP contribution in [0.3, 0.4) is 0 Å². The summed E-state index contributed by atoms with van der Waals surface area (Å²) in [5.41, 5.74) is 1.94. The van der Waals surface area contributed by atoms with E-state index in [-0.39, 0.29) is 5.91 Å². The van der Waals surface area contributed by atoms with Crippen LogP contribution in [0.2, 0.25) is 15.1 Å². The molecule has 0 saturated carbocycles. The number of hydrogen-bond donors (Lipinski definition) is 0. The van der Waals surface area contributed by atoms with Crippen LogP contribution in [0.15, 0.2) is 24.3 Å². The average Bonchev–Trinajstić information content (AvgIpc) is 2.65. The van der Waals surface area contributed by atoms with Gasteiger partial charge in [-0.2, -0.15) is 9.78 Å². The quantitative estimate of drug-likeness (QED) is 0.741. The topological polar surface area (TPSA) is 34.9 Å². The minimum absolute atomic E-state index is 0.288. The molecule has 0 N–H and O–H groups in total. The van der Waals surface area contributed by atoms with Gasteiger partial charge in [0, 0.05) is 16.1 Å². The number of halogens is 3. The fourth-order valence-corrected chi connectivity index (χ4v) is 2.30. The van der Waals surface area contributed by atoms with Crippen LogP contribution in [0.5, 0.6) is 0 Å². The number of nitrogens with zero attached hydrogens (tertiary/aromatic N) is 2. The Kier molecular flexibility index (Phi) is 4.53. The lowest BCUT2D eigenvalue weighted by Gasteiger charge is -2.00. The molecule has 0 atom stereocenters. The molecule has 6 heteroatoms. The zero-order valence-corrected chi connectivity index (χ0v) is 13.1. The summed E-state index contributed by atoms with van der Waals surface area (Å²) < 4.78 is 1.26. The van der Waals surface area contributed by atoms with Gasteiger partial charge in [0.25, 0.3) is 5.91 Å². The van der Waals surface area contributed by atoms with E-state index in [9.17, 15) is 4.79 Å². The summed E-state index contributed by atoms with van der Waals surface area (Å²) in [5, 5.41) is 5.61. The molecule has 0 aliphatic carbocycles. The Bertz CT molecular complexity index is 705. The summed E-state index contributed by atoms with van der Waals surface area (Å²) in [7, 11) is 0. The zero-order valence-electron chi connectivity index (χ0n) is 10.8. The van der Waals surface area contributed by atoms with Crippen LogP contribution in [0.4, 0.5) is 0 Å². The van der Waals surface area contributed by atoms with Crippen molar-refractivity contribution in [3.63, 3.8) is 0 Å². The maximum Gasteiger partial charge on any atom is 0.271 e. The second-order valence-corrected chi connectivity index (χ2v) is 5.46. The van der Waals surface area contributed by atoms with E-state index in [4.69, 9.17) is 34.8 Å².